The average Bonchev–Trinajstić information content (AvgIpc) is 3.72. The van der Waals surface area contributed by atoms with E-state index >= 15 is 8.78 Å². The number of nitrogens with two attached hydrogens (primary N) is 1. The average molecular weight is 693 g/mol. The monoisotopic (exact) mass is 692 g/mol. The van der Waals surface area contributed by atoms with E-state index in [4.69, 9.17) is 40.2 Å². The predicted octanol–water partition coefficient (Wildman–Crippen LogP) is -0.827. The molecule has 0 spiro atoms. The molecule has 19 nitrogen and oxygen atoms in total. The van der Waals surface area contributed by atoms with E-state index in [0.29, 0.717) is 0 Å². The summed E-state index contributed by atoms with van der Waals surface area (Å²) in [5.74, 6) is 0.226. The van der Waals surface area contributed by atoms with E-state index in [0.717, 1.165) is 17.2 Å². The molecule has 0 amide bonds. The zero-order valence-electron chi connectivity index (χ0n) is 22.7. The van der Waals surface area contributed by atoms with Gasteiger partial charge >= 0.3 is 17.0 Å². The lowest BCUT2D eigenvalue weighted by Gasteiger charge is -2.26. The lowest BCUT2D eigenvalue weighted by Crippen LogP contribution is -2.43. The first-order chi connectivity index (χ1) is 21.3. The summed E-state index contributed by atoms with van der Waals surface area (Å²) in [5, 5.41) is 0. The summed E-state index contributed by atoms with van der Waals surface area (Å²) in [6.07, 6.45) is -10.3. The number of halogens is 2. The van der Waals surface area contributed by atoms with Gasteiger partial charge in [0.1, 0.15) is 36.0 Å². The minimum absolute atomic E-state index is 0.0258. The number of nitrogens with zero attached hydrogens (tertiary/aromatic N) is 7. The van der Waals surface area contributed by atoms with Crippen LogP contribution in [0.5, 0.6) is 0 Å². The molecule has 9 unspecified atom stereocenters. The minimum Gasteiger partial charge on any atom is -0.382 e. The molecule has 24 heteroatoms. The molecule has 3 fully saturated rings. The Morgan fingerprint density at radius 3 is 2.53 bits per heavy atom. The van der Waals surface area contributed by atoms with Crippen LogP contribution in [0.1, 0.15) is 18.3 Å². The van der Waals surface area contributed by atoms with Gasteiger partial charge in [0.15, 0.2) is 53.5 Å². The number of nitrogens with one attached hydrogen (secondary N) is 2. The summed E-state index contributed by atoms with van der Waals surface area (Å²) in [6.45, 7) is -4.27. The quantitative estimate of drug-likeness (QED) is 0.187. The van der Waals surface area contributed by atoms with Crippen LogP contribution in [-0.4, -0.2) is 102 Å². The largest absolute Gasteiger partial charge is 0.382 e. The van der Waals surface area contributed by atoms with Gasteiger partial charge in [0.2, 0.25) is 0 Å². The Morgan fingerprint density at radius 2 is 1.76 bits per heavy atom. The first-order valence-corrected chi connectivity index (χ1v) is 17.1. The minimum atomic E-state index is -4.81. The maximum atomic E-state index is 16.0. The third kappa shape index (κ3) is 5.41. The first kappa shape index (κ1) is 30.5. The highest BCUT2D eigenvalue weighted by atomic mass is 32.5. The molecule has 7 heterocycles. The summed E-state index contributed by atoms with van der Waals surface area (Å²) in [4.78, 5) is 45.9. The molecule has 0 saturated carbocycles. The third-order valence-electron chi connectivity index (χ3n) is 7.37. The van der Waals surface area contributed by atoms with Gasteiger partial charge in [-0.1, -0.05) is 0 Å². The summed E-state index contributed by atoms with van der Waals surface area (Å²) in [5.41, 5.74) is 5.35. The van der Waals surface area contributed by atoms with Crippen LogP contribution < -0.4 is 16.0 Å². The molecule has 0 aliphatic carbocycles. The molecule has 0 radical (unpaired) electrons. The van der Waals surface area contributed by atoms with E-state index in [-0.39, 0.29) is 34.0 Å². The molecule has 9 atom stereocenters. The molecular formula is C21H23F2N10O9PS2. The van der Waals surface area contributed by atoms with Gasteiger partial charge in [-0.15, -0.1) is 0 Å². The summed E-state index contributed by atoms with van der Waals surface area (Å²) < 4.78 is 90.1. The number of hydrogen-bond donors (Lipinski definition) is 4. The number of aryl methyl sites for hydroxylation is 1. The second-order valence-corrected chi connectivity index (χ2v) is 14.5. The lowest BCUT2D eigenvalue weighted by molar-refractivity contribution is -0.0472. The molecule has 0 aromatic carbocycles. The van der Waals surface area contributed by atoms with E-state index in [1.807, 2.05) is 0 Å². The fourth-order valence-electron chi connectivity index (χ4n) is 5.36. The van der Waals surface area contributed by atoms with Crippen molar-refractivity contribution < 1.29 is 44.8 Å². The fraction of sp³-hybridized carbons (Fsp3) is 0.524. The number of imidazole rings is 2. The number of hydrogen-bond acceptors (Lipinski definition) is 15. The normalized spacial score (nSPS) is 35.6. The van der Waals surface area contributed by atoms with E-state index in [9.17, 15) is 18.1 Å². The maximum Gasteiger partial charge on any atom is 0.336 e. The summed E-state index contributed by atoms with van der Waals surface area (Å²) >= 11 is 5.10. The molecule has 3 aliphatic rings. The van der Waals surface area contributed by atoms with Gasteiger partial charge in [-0.3, -0.25) is 18.5 Å². The highest BCUT2D eigenvalue weighted by molar-refractivity contribution is 8.07. The lowest BCUT2D eigenvalue weighted by atomic mass is 10.1. The maximum absolute atomic E-state index is 16.0. The van der Waals surface area contributed by atoms with Crippen molar-refractivity contribution in [3.05, 3.63) is 35.2 Å². The van der Waals surface area contributed by atoms with Gasteiger partial charge in [0.25, 0.3) is 5.56 Å². The van der Waals surface area contributed by atoms with Crippen molar-refractivity contribution >= 4 is 57.0 Å². The number of alkyl halides is 2. The van der Waals surface area contributed by atoms with Crippen LogP contribution >= 0.6 is 6.72 Å². The number of aromatic amines is 1. The topological polar surface area (TPSA) is 246 Å². The molecule has 3 saturated heterocycles. The molecule has 3 aliphatic heterocycles. The van der Waals surface area contributed by atoms with Gasteiger partial charge in [-0.25, -0.2) is 37.9 Å². The van der Waals surface area contributed by atoms with Crippen molar-refractivity contribution in [2.45, 2.75) is 56.1 Å². The smallest absolute Gasteiger partial charge is 0.336 e. The summed E-state index contributed by atoms with van der Waals surface area (Å²) in [6, 6.07) is 0. The Labute approximate surface area is 255 Å². The standard InChI is InChI=1S/C21H23F2N10O9PS2/c1-7-30-18-13(19(34)31-7)28-6-33(18)21-15-10(22)9(40-21)3-38-43(35,44)41-14-8(2-29-45(36,37)42-15)39-20(11(14)23)32-5-27-12-16(24)25-4-26-17(12)32/h4-6,8-11,14-15,20-21,29H,2-3H2,1H3,(H,35,44)(H2,24,25,26)(H,30,31,34). The van der Waals surface area contributed by atoms with Gasteiger partial charge in [0, 0.05) is 6.54 Å². The van der Waals surface area contributed by atoms with Gasteiger partial charge in [0.05, 0.1) is 19.3 Å². The number of fused-ring (bicyclic) bond motifs is 5. The Morgan fingerprint density at radius 1 is 1.04 bits per heavy atom. The number of aromatic nitrogens is 8. The van der Waals surface area contributed by atoms with Crippen molar-refractivity contribution in [3.63, 3.8) is 0 Å². The molecule has 7 rings (SSSR count). The number of H-pyrrole nitrogens is 1. The molecule has 4 aromatic heterocycles. The second kappa shape index (κ2) is 11.0. The molecule has 242 valence electrons. The van der Waals surface area contributed by atoms with E-state index < -0.39 is 84.9 Å². The Bertz CT molecular complexity index is 2010. The zero-order chi connectivity index (χ0) is 31.8. The van der Waals surface area contributed by atoms with Crippen LogP contribution in [0.25, 0.3) is 22.3 Å². The third-order valence-corrected chi connectivity index (χ3v) is 9.93. The molecular weight excluding hydrogens is 669 g/mol. The Balaban J connectivity index is 1.21. The van der Waals surface area contributed by atoms with Crippen LogP contribution in [0.2, 0.25) is 0 Å². The predicted molar refractivity (Wildman–Crippen MR) is 149 cm³/mol. The van der Waals surface area contributed by atoms with Gasteiger partial charge < -0.3 is 29.6 Å². The number of anilines is 1. The molecule has 5 N–H and O–H groups in total. The molecule has 45 heavy (non-hydrogen) atoms. The van der Waals surface area contributed by atoms with Gasteiger partial charge in [-0.2, -0.15) is 13.1 Å². The zero-order valence-corrected chi connectivity index (χ0v) is 25.2. The number of rotatable bonds is 2. The Hall–Kier alpha value is -3.12. The van der Waals surface area contributed by atoms with E-state index in [2.05, 4.69) is 34.6 Å². The van der Waals surface area contributed by atoms with Crippen molar-refractivity contribution in [1.82, 2.24) is 43.8 Å². The van der Waals surface area contributed by atoms with Gasteiger partial charge in [-0.05, 0) is 18.7 Å². The van der Waals surface area contributed by atoms with E-state index in [1.165, 1.54) is 17.8 Å². The second-order valence-electron chi connectivity index (χ2n) is 10.3. The SMILES string of the molecule is Cc1nc2c(ncn2C2OC3COP(O)(=S)OC4C(CNS(=O)(=O)OC2C3F)OC(n2cnc3c(N)ncnc32)C4F)c(=O)[nH]1. The first-order valence-electron chi connectivity index (χ1n) is 13.1. The van der Waals surface area contributed by atoms with Crippen molar-refractivity contribution in [2.75, 3.05) is 18.9 Å². The molecule has 2 bridgehead atoms. The highest BCUT2D eigenvalue weighted by Gasteiger charge is 2.53. The molecule has 4 aromatic rings. The van der Waals surface area contributed by atoms with Crippen molar-refractivity contribution in [1.29, 1.82) is 0 Å². The van der Waals surface area contributed by atoms with Crippen molar-refractivity contribution in [3.8, 4) is 0 Å². The highest BCUT2D eigenvalue weighted by Crippen LogP contribution is 2.50. The van der Waals surface area contributed by atoms with Crippen LogP contribution in [0.3, 0.4) is 0 Å². The summed E-state index contributed by atoms with van der Waals surface area (Å²) in [7, 11) is -4.81. The fourth-order valence-corrected chi connectivity index (χ4v) is 7.73. The Kier molecular flexibility index (Phi) is 7.46. The number of ether oxygens (including phenoxy) is 2. The number of nitrogen functional groups attached to an aromatic ring is 1. The van der Waals surface area contributed by atoms with Crippen molar-refractivity contribution in [2.24, 2.45) is 0 Å². The van der Waals surface area contributed by atoms with Crippen LogP contribution in [0, 0.1) is 6.92 Å². The van der Waals surface area contributed by atoms with Crippen LogP contribution in [-0.2, 0) is 44.8 Å². The van der Waals surface area contributed by atoms with Crippen LogP contribution in [0.4, 0.5) is 14.6 Å². The van der Waals surface area contributed by atoms with E-state index in [1.54, 1.807) is 0 Å². The van der Waals surface area contributed by atoms with Crippen LogP contribution in [0.15, 0.2) is 23.8 Å².